The minimum absolute atomic E-state index is 0.251. The topological polar surface area (TPSA) is 59.2 Å². The van der Waals surface area contributed by atoms with Crippen LogP contribution in [0.4, 0.5) is 8.78 Å². The Morgan fingerprint density at radius 2 is 2.27 bits per heavy atom. The Balaban J connectivity index is 3.13. The summed E-state index contributed by atoms with van der Waals surface area (Å²) in [6.07, 6.45) is -2.12. The Morgan fingerprint density at radius 1 is 1.60 bits per heavy atom. The molecule has 1 N–H and O–H groups in total. The molecule has 1 rings (SSSR count). The number of methoxy groups -OCH3 is 1. The van der Waals surface area contributed by atoms with E-state index in [2.05, 4.69) is 9.72 Å². The van der Waals surface area contributed by atoms with Crippen LogP contribution in [-0.4, -0.2) is 18.1 Å². The number of pyridine rings is 1. The van der Waals surface area contributed by atoms with Crippen LogP contribution in [0.25, 0.3) is 0 Å². The van der Waals surface area contributed by atoms with Gasteiger partial charge in [-0.15, -0.1) is 0 Å². The first-order chi connectivity index (χ1) is 7.06. The molecule has 1 aromatic rings. The number of aromatic amines is 1. The predicted molar refractivity (Wildman–Crippen MR) is 47.7 cm³/mol. The largest absolute Gasteiger partial charge is 0.469 e. The minimum atomic E-state index is -2.79. The van der Waals surface area contributed by atoms with Gasteiger partial charge < -0.3 is 9.72 Å². The van der Waals surface area contributed by atoms with Gasteiger partial charge in [-0.1, -0.05) is 0 Å². The van der Waals surface area contributed by atoms with Crippen molar-refractivity contribution in [2.75, 3.05) is 7.11 Å². The molecular formula is C9H9F2NO3. The van der Waals surface area contributed by atoms with Gasteiger partial charge in [0.05, 0.1) is 13.5 Å². The number of alkyl halides is 2. The van der Waals surface area contributed by atoms with Crippen molar-refractivity contribution in [3.8, 4) is 0 Å². The molecule has 82 valence electrons. The smallest absolute Gasteiger partial charge is 0.310 e. The summed E-state index contributed by atoms with van der Waals surface area (Å²) >= 11 is 0. The average molecular weight is 217 g/mol. The Morgan fingerprint density at radius 3 is 2.80 bits per heavy atom. The lowest BCUT2D eigenvalue weighted by Crippen LogP contribution is -2.19. The van der Waals surface area contributed by atoms with Crippen molar-refractivity contribution >= 4 is 5.97 Å². The molecule has 0 aliphatic carbocycles. The number of carbonyl (C=O) groups excluding carboxylic acids is 1. The zero-order valence-corrected chi connectivity index (χ0v) is 7.92. The Labute approximate surface area is 83.9 Å². The van der Waals surface area contributed by atoms with E-state index in [4.69, 9.17) is 0 Å². The molecule has 6 heteroatoms. The van der Waals surface area contributed by atoms with E-state index >= 15 is 0 Å². The van der Waals surface area contributed by atoms with E-state index in [0.29, 0.717) is 0 Å². The maximum atomic E-state index is 12.5. The van der Waals surface area contributed by atoms with Crippen molar-refractivity contribution in [3.63, 3.8) is 0 Å². The molecule has 0 aliphatic rings. The van der Waals surface area contributed by atoms with Crippen LogP contribution in [-0.2, 0) is 16.0 Å². The highest BCUT2D eigenvalue weighted by Gasteiger charge is 2.18. The molecule has 0 unspecified atom stereocenters. The summed E-state index contributed by atoms with van der Waals surface area (Å²) in [5.41, 5.74) is -1.39. The van der Waals surface area contributed by atoms with Gasteiger partial charge in [0.25, 0.3) is 12.0 Å². The van der Waals surface area contributed by atoms with Gasteiger partial charge in [0.15, 0.2) is 0 Å². The minimum Gasteiger partial charge on any atom is -0.469 e. The molecule has 0 atom stereocenters. The van der Waals surface area contributed by atoms with Crippen LogP contribution in [0.5, 0.6) is 0 Å². The molecular weight excluding hydrogens is 208 g/mol. The molecule has 0 bridgehead atoms. The molecule has 4 nitrogen and oxygen atoms in total. The number of H-pyrrole nitrogens is 1. The predicted octanol–water partition coefficient (Wildman–Crippen LogP) is 1.03. The maximum absolute atomic E-state index is 12.5. The maximum Gasteiger partial charge on any atom is 0.310 e. The SMILES string of the molecule is COC(=O)Cc1c(C(F)F)cc[nH]c1=O. The van der Waals surface area contributed by atoms with Gasteiger partial charge in [-0.05, 0) is 6.07 Å². The first-order valence-corrected chi connectivity index (χ1v) is 4.11. The number of rotatable bonds is 3. The number of hydrogen-bond acceptors (Lipinski definition) is 3. The van der Waals surface area contributed by atoms with Crippen LogP contribution < -0.4 is 5.56 Å². The monoisotopic (exact) mass is 217 g/mol. The Kier molecular flexibility index (Phi) is 3.54. The molecule has 0 saturated heterocycles. The van der Waals surface area contributed by atoms with E-state index in [1.54, 1.807) is 0 Å². The molecule has 0 saturated carbocycles. The summed E-state index contributed by atoms with van der Waals surface area (Å²) < 4.78 is 29.2. The standard InChI is InChI=1S/C9H9F2NO3/c1-15-7(13)4-6-5(8(10)11)2-3-12-9(6)14/h2-3,8H,4H2,1H3,(H,12,14). The van der Waals surface area contributed by atoms with Gasteiger partial charge in [0.1, 0.15) is 0 Å². The van der Waals surface area contributed by atoms with Crippen LogP contribution in [0, 0.1) is 0 Å². The first-order valence-electron chi connectivity index (χ1n) is 4.11. The van der Waals surface area contributed by atoms with E-state index in [1.807, 2.05) is 0 Å². The third-order valence-corrected chi connectivity index (χ3v) is 1.88. The van der Waals surface area contributed by atoms with Gasteiger partial charge in [-0.3, -0.25) is 9.59 Å². The molecule has 1 aromatic heterocycles. The third kappa shape index (κ3) is 2.61. The van der Waals surface area contributed by atoms with Crippen molar-refractivity contribution in [3.05, 3.63) is 33.7 Å². The van der Waals surface area contributed by atoms with E-state index < -0.39 is 29.9 Å². The summed E-state index contributed by atoms with van der Waals surface area (Å²) in [6, 6.07) is 1.07. The fraction of sp³-hybridized carbons (Fsp3) is 0.333. The number of esters is 1. The van der Waals surface area contributed by atoms with Crippen molar-refractivity contribution < 1.29 is 18.3 Å². The zero-order chi connectivity index (χ0) is 11.4. The molecule has 0 radical (unpaired) electrons. The quantitative estimate of drug-likeness (QED) is 0.769. The van der Waals surface area contributed by atoms with Crippen LogP contribution in [0.1, 0.15) is 17.6 Å². The fourth-order valence-corrected chi connectivity index (χ4v) is 1.13. The summed E-state index contributed by atoms with van der Waals surface area (Å²) in [6.45, 7) is 0. The average Bonchev–Trinajstić information content (AvgIpc) is 2.20. The van der Waals surface area contributed by atoms with Gasteiger partial charge in [-0.2, -0.15) is 0 Å². The molecule has 0 amide bonds. The second-order valence-corrected chi connectivity index (χ2v) is 2.79. The third-order valence-electron chi connectivity index (χ3n) is 1.88. The second-order valence-electron chi connectivity index (χ2n) is 2.79. The number of carbonyl (C=O) groups is 1. The molecule has 15 heavy (non-hydrogen) atoms. The number of halogens is 2. The summed E-state index contributed by atoms with van der Waals surface area (Å²) in [7, 11) is 1.13. The van der Waals surface area contributed by atoms with Gasteiger partial charge in [-0.25, -0.2) is 8.78 Å². The molecule has 0 aromatic carbocycles. The molecule has 0 spiro atoms. The summed E-state index contributed by atoms with van der Waals surface area (Å²) in [4.78, 5) is 24.3. The van der Waals surface area contributed by atoms with Crippen molar-refractivity contribution in [1.29, 1.82) is 0 Å². The lowest BCUT2D eigenvalue weighted by atomic mass is 10.1. The number of nitrogens with one attached hydrogen (secondary N) is 1. The lowest BCUT2D eigenvalue weighted by Gasteiger charge is -2.05. The first kappa shape index (κ1) is 11.4. The molecule has 0 aliphatic heterocycles. The van der Waals surface area contributed by atoms with Crippen molar-refractivity contribution in [2.24, 2.45) is 0 Å². The Bertz CT molecular complexity index is 414. The summed E-state index contributed by atoms with van der Waals surface area (Å²) in [5, 5.41) is 0. The van der Waals surface area contributed by atoms with Crippen LogP contribution in [0.15, 0.2) is 17.1 Å². The van der Waals surface area contributed by atoms with Gasteiger partial charge >= 0.3 is 5.97 Å². The number of ether oxygens (including phenoxy) is 1. The molecule has 1 heterocycles. The Hall–Kier alpha value is -1.72. The fourth-order valence-electron chi connectivity index (χ4n) is 1.13. The molecule has 0 fully saturated rings. The van der Waals surface area contributed by atoms with E-state index in [9.17, 15) is 18.4 Å². The number of aromatic nitrogens is 1. The van der Waals surface area contributed by atoms with Crippen LogP contribution in [0.3, 0.4) is 0 Å². The highest BCUT2D eigenvalue weighted by molar-refractivity contribution is 5.72. The van der Waals surface area contributed by atoms with Crippen LogP contribution >= 0.6 is 0 Å². The van der Waals surface area contributed by atoms with Crippen molar-refractivity contribution in [1.82, 2.24) is 4.98 Å². The lowest BCUT2D eigenvalue weighted by molar-refractivity contribution is -0.139. The van der Waals surface area contributed by atoms with E-state index in [-0.39, 0.29) is 5.56 Å². The highest BCUT2D eigenvalue weighted by Crippen LogP contribution is 2.20. The van der Waals surface area contributed by atoms with E-state index in [0.717, 1.165) is 19.4 Å². The van der Waals surface area contributed by atoms with Crippen molar-refractivity contribution in [2.45, 2.75) is 12.8 Å². The number of hydrogen-bond donors (Lipinski definition) is 1. The summed E-state index contributed by atoms with van der Waals surface area (Å²) in [5.74, 6) is -0.728. The second kappa shape index (κ2) is 4.68. The van der Waals surface area contributed by atoms with Gasteiger partial charge in [0, 0.05) is 17.3 Å². The van der Waals surface area contributed by atoms with Gasteiger partial charge in [0.2, 0.25) is 0 Å². The van der Waals surface area contributed by atoms with E-state index in [1.165, 1.54) is 0 Å². The van der Waals surface area contributed by atoms with Crippen LogP contribution in [0.2, 0.25) is 0 Å². The highest BCUT2D eigenvalue weighted by atomic mass is 19.3. The normalized spacial score (nSPS) is 10.4. The zero-order valence-electron chi connectivity index (χ0n) is 7.92.